The Hall–Kier alpha value is -1.79. The summed E-state index contributed by atoms with van der Waals surface area (Å²) in [6.45, 7) is 5.15. The van der Waals surface area contributed by atoms with Crippen molar-refractivity contribution < 1.29 is 8.42 Å². The first-order valence-electron chi connectivity index (χ1n) is 8.21. The van der Waals surface area contributed by atoms with E-state index in [0.717, 1.165) is 35.6 Å². The fraction of sp³-hybridized carbons (Fsp3) is 0.444. The van der Waals surface area contributed by atoms with Crippen molar-refractivity contribution >= 4 is 10.0 Å². The third kappa shape index (κ3) is 3.65. The first-order chi connectivity index (χ1) is 11.3. The number of sulfonamides is 1. The smallest absolute Gasteiger partial charge is 0.211 e. The Balaban J connectivity index is 1.87. The number of rotatable bonds is 3. The first kappa shape index (κ1) is 17.0. The van der Waals surface area contributed by atoms with Crippen molar-refractivity contribution in [3.63, 3.8) is 0 Å². The standard InChI is InChI=1S/C18H23N3O2S/c1-13-6-4-5-7-16(13)17-12-14(2)19-18(20-17)15-8-10-21(11-9-15)24(3,22)23/h4-7,12,15H,8-11H2,1-3H3. The maximum Gasteiger partial charge on any atom is 0.211 e. The molecule has 0 N–H and O–H groups in total. The molecule has 0 atom stereocenters. The molecule has 0 unspecified atom stereocenters. The van der Waals surface area contributed by atoms with E-state index in [9.17, 15) is 8.42 Å². The Bertz CT molecular complexity index is 841. The molecule has 1 saturated heterocycles. The lowest BCUT2D eigenvalue weighted by molar-refractivity contribution is 0.315. The summed E-state index contributed by atoms with van der Waals surface area (Å²) in [5.41, 5.74) is 4.20. The van der Waals surface area contributed by atoms with Gasteiger partial charge in [0.15, 0.2) is 0 Å². The van der Waals surface area contributed by atoms with Crippen LogP contribution in [0, 0.1) is 13.8 Å². The molecule has 6 heteroatoms. The number of hydrogen-bond donors (Lipinski definition) is 0. The molecule has 0 aliphatic carbocycles. The van der Waals surface area contributed by atoms with Crippen molar-refractivity contribution in [2.24, 2.45) is 0 Å². The minimum Gasteiger partial charge on any atom is -0.238 e. The van der Waals surface area contributed by atoms with Crippen molar-refractivity contribution in [2.45, 2.75) is 32.6 Å². The van der Waals surface area contributed by atoms with Crippen LogP contribution >= 0.6 is 0 Å². The summed E-state index contributed by atoms with van der Waals surface area (Å²) in [7, 11) is -3.10. The van der Waals surface area contributed by atoms with Crippen LogP contribution in [-0.2, 0) is 10.0 Å². The van der Waals surface area contributed by atoms with E-state index in [0.29, 0.717) is 13.1 Å². The Morgan fingerprint density at radius 2 is 1.75 bits per heavy atom. The molecule has 1 aromatic carbocycles. The molecule has 0 saturated carbocycles. The molecule has 0 radical (unpaired) electrons. The molecular formula is C18H23N3O2S. The summed E-state index contributed by atoms with van der Waals surface area (Å²) in [4.78, 5) is 9.42. The molecule has 128 valence electrons. The van der Waals surface area contributed by atoms with Gasteiger partial charge in [0.1, 0.15) is 5.82 Å². The molecule has 1 fully saturated rings. The van der Waals surface area contributed by atoms with Gasteiger partial charge in [-0.2, -0.15) is 0 Å². The average Bonchev–Trinajstić information content (AvgIpc) is 2.54. The molecule has 0 spiro atoms. The van der Waals surface area contributed by atoms with E-state index in [2.05, 4.69) is 24.0 Å². The van der Waals surface area contributed by atoms with E-state index < -0.39 is 10.0 Å². The van der Waals surface area contributed by atoms with Crippen LogP contribution in [0.2, 0.25) is 0 Å². The van der Waals surface area contributed by atoms with Crippen molar-refractivity contribution in [3.8, 4) is 11.3 Å². The monoisotopic (exact) mass is 345 g/mol. The predicted molar refractivity (Wildman–Crippen MR) is 95.3 cm³/mol. The molecule has 0 amide bonds. The summed E-state index contributed by atoms with van der Waals surface area (Å²) in [6.07, 6.45) is 2.81. The van der Waals surface area contributed by atoms with Gasteiger partial charge in [0.05, 0.1) is 11.9 Å². The third-order valence-corrected chi connectivity index (χ3v) is 5.88. The van der Waals surface area contributed by atoms with E-state index in [4.69, 9.17) is 4.98 Å². The summed E-state index contributed by atoms with van der Waals surface area (Å²) >= 11 is 0. The highest BCUT2D eigenvalue weighted by molar-refractivity contribution is 7.88. The van der Waals surface area contributed by atoms with Gasteiger partial charge < -0.3 is 0 Å². The van der Waals surface area contributed by atoms with Crippen LogP contribution in [-0.4, -0.2) is 42.0 Å². The fourth-order valence-electron chi connectivity index (χ4n) is 3.22. The maximum absolute atomic E-state index is 11.7. The number of hydrogen-bond acceptors (Lipinski definition) is 4. The Morgan fingerprint density at radius 3 is 2.38 bits per heavy atom. The van der Waals surface area contributed by atoms with Crippen LogP contribution in [0.4, 0.5) is 0 Å². The highest BCUT2D eigenvalue weighted by atomic mass is 32.2. The zero-order chi connectivity index (χ0) is 17.3. The van der Waals surface area contributed by atoms with Crippen molar-refractivity contribution in [1.29, 1.82) is 0 Å². The van der Waals surface area contributed by atoms with Crippen molar-refractivity contribution in [2.75, 3.05) is 19.3 Å². The van der Waals surface area contributed by atoms with Gasteiger partial charge in [-0.1, -0.05) is 24.3 Å². The first-order valence-corrected chi connectivity index (χ1v) is 10.1. The lowest BCUT2D eigenvalue weighted by Gasteiger charge is -2.29. The molecule has 24 heavy (non-hydrogen) atoms. The van der Waals surface area contributed by atoms with Gasteiger partial charge in [-0.15, -0.1) is 0 Å². The summed E-state index contributed by atoms with van der Waals surface area (Å²) in [6, 6.07) is 10.2. The minimum absolute atomic E-state index is 0.214. The molecule has 1 aromatic heterocycles. The molecule has 2 heterocycles. The Kier molecular flexibility index (Phi) is 4.69. The third-order valence-electron chi connectivity index (χ3n) is 4.58. The molecule has 1 aliphatic heterocycles. The summed E-state index contributed by atoms with van der Waals surface area (Å²) in [5, 5.41) is 0. The summed E-state index contributed by atoms with van der Waals surface area (Å²) in [5.74, 6) is 1.05. The fourth-order valence-corrected chi connectivity index (χ4v) is 4.09. The quantitative estimate of drug-likeness (QED) is 0.858. The van der Waals surface area contributed by atoms with Gasteiger partial charge in [-0.25, -0.2) is 22.7 Å². The lowest BCUT2D eigenvalue weighted by atomic mass is 9.96. The minimum atomic E-state index is -3.10. The van der Waals surface area contributed by atoms with Crippen LogP contribution in [0.3, 0.4) is 0 Å². The molecule has 1 aliphatic rings. The van der Waals surface area contributed by atoms with E-state index >= 15 is 0 Å². The SMILES string of the molecule is Cc1cc(-c2ccccc2C)nc(C2CCN(S(C)(=O)=O)CC2)n1. The van der Waals surface area contributed by atoms with E-state index in [1.165, 1.54) is 11.8 Å². The van der Waals surface area contributed by atoms with Gasteiger partial charge in [0.2, 0.25) is 10.0 Å². The number of benzene rings is 1. The van der Waals surface area contributed by atoms with Gasteiger partial charge in [0, 0.05) is 30.3 Å². The van der Waals surface area contributed by atoms with Crippen LogP contribution in [0.15, 0.2) is 30.3 Å². The zero-order valence-corrected chi connectivity index (χ0v) is 15.2. The van der Waals surface area contributed by atoms with Crippen LogP contribution in [0.5, 0.6) is 0 Å². The van der Waals surface area contributed by atoms with Crippen LogP contribution in [0.25, 0.3) is 11.3 Å². The second-order valence-electron chi connectivity index (χ2n) is 6.50. The lowest BCUT2D eigenvalue weighted by Crippen LogP contribution is -2.37. The molecular weight excluding hydrogens is 322 g/mol. The normalized spacial score (nSPS) is 17.1. The average molecular weight is 345 g/mol. The highest BCUT2D eigenvalue weighted by Crippen LogP contribution is 2.29. The molecule has 0 bridgehead atoms. The molecule has 3 rings (SSSR count). The van der Waals surface area contributed by atoms with E-state index in [1.807, 2.05) is 25.1 Å². The second kappa shape index (κ2) is 6.61. The van der Waals surface area contributed by atoms with Crippen LogP contribution in [0.1, 0.15) is 35.8 Å². The number of nitrogens with zero attached hydrogens (tertiary/aromatic N) is 3. The number of aryl methyl sites for hydroxylation is 2. The number of piperidine rings is 1. The largest absolute Gasteiger partial charge is 0.238 e. The summed E-state index contributed by atoms with van der Waals surface area (Å²) < 4.78 is 24.9. The van der Waals surface area contributed by atoms with E-state index in [1.54, 1.807) is 4.31 Å². The predicted octanol–water partition coefficient (Wildman–Crippen LogP) is 2.90. The van der Waals surface area contributed by atoms with Crippen molar-refractivity contribution in [1.82, 2.24) is 14.3 Å². The van der Waals surface area contributed by atoms with Gasteiger partial charge in [-0.05, 0) is 38.3 Å². The van der Waals surface area contributed by atoms with Gasteiger partial charge >= 0.3 is 0 Å². The van der Waals surface area contributed by atoms with E-state index in [-0.39, 0.29) is 5.92 Å². The van der Waals surface area contributed by atoms with Gasteiger partial charge in [0.25, 0.3) is 0 Å². The Morgan fingerprint density at radius 1 is 1.08 bits per heavy atom. The molecule has 5 nitrogen and oxygen atoms in total. The van der Waals surface area contributed by atoms with Crippen molar-refractivity contribution in [3.05, 3.63) is 47.4 Å². The Labute approximate surface area is 143 Å². The maximum atomic E-state index is 11.7. The second-order valence-corrected chi connectivity index (χ2v) is 8.49. The highest BCUT2D eigenvalue weighted by Gasteiger charge is 2.27. The topological polar surface area (TPSA) is 63.2 Å². The molecule has 2 aromatic rings. The van der Waals surface area contributed by atoms with Gasteiger partial charge in [-0.3, -0.25) is 0 Å². The number of aromatic nitrogens is 2. The zero-order valence-electron chi connectivity index (χ0n) is 14.4. The van der Waals surface area contributed by atoms with Crippen LogP contribution < -0.4 is 0 Å².